The van der Waals surface area contributed by atoms with Crippen LogP contribution in [0.1, 0.15) is 11.7 Å². The Morgan fingerprint density at radius 3 is 1.92 bits per heavy atom. The Hall–Kier alpha value is -2.83. The minimum atomic E-state index is -3.66. The van der Waals surface area contributed by atoms with Gasteiger partial charge in [0.05, 0.1) is 9.79 Å². The van der Waals surface area contributed by atoms with E-state index in [0.29, 0.717) is 5.75 Å². The van der Waals surface area contributed by atoms with Crippen LogP contribution in [0.5, 0.6) is 11.5 Å². The van der Waals surface area contributed by atoms with Gasteiger partial charge in [-0.3, -0.25) is 0 Å². The van der Waals surface area contributed by atoms with Crippen LogP contribution in [0.4, 0.5) is 0 Å². The van der Waals surface area contributed by atoms with Gasteiger partial charge in [-0.05, 0) is 54.1 Å². The van der Waals surface area contributed by atoms with Crippen LogP contribution in [-0.4, -0.2) is 25.2 Å². The first kappa shape index (κ1) is 18.0. The number of hydrogen-bond donors (Lipinski definition) is 2. The summed E-state index contributed by atoms with van der Waals surface area (Å²) in [5.41, 5.74) is 0.749. The molecule has 2 N–H and O–H groups in total. The summed E-state index contributed by atoms with van der Waals surface area (Å²) in [6, 6.07) is 20.5. The van der Waals surface area contributed by atoms with Crippen molar-refractivity contribution in [3.63, 3.8) is 0 Å². The summed E-state index contributed by atoms with van der Waals surface area (Å²) in [6.07, 6.45) is -0.767. The van der Waals surface area contributed by atoms with Crippen molar-refractivity contribution in [3.05, 3.63) is 84.4 Å². The van der Waals surface area contributed by atoms with Gasteiger partial charge in [-0.25, -0.2) is 8.42 Å². The number of aliphatic hydroxyl groups is 1. The molecular weight excluding hydrogens is 352 g/mol. The number of phenols is 1. The second kappa shape index (κ2) is 7.59. The fourth-order valence-corrected chi connectivity index (χ4v) is 3.68. The Kier molecular flexibility index (Phi) is 5.25. The molecule has 0 spiro atoms. The van der Waals surface area contributed by atoms with E-state index in [1.807, 2.05) is 18.2 Å². The van der Waals surface area contributed by atoms with E-state index in [4.69, 9.17) is 4.74 Å². The normalized spacial score (nSPS) is 12.5. The van der Waals surface area contributed by atoms with Gasteiger partial charge in [0, 0.05) is 0 Å². The maximum atomic E-state index is 12.5. The van der Waals surface area contributed by atoms with Gasteiger partial charge in [-0.15, -0.1) is 0 Å². The van der Waals surface area contributed by atoms with E-state index in [1.165, 1.54) is 36.4 Å². The molecular formula is C20H18O5S. The second-order valence-corrected chi connectivity index (χ2v) is 7.66. The van der Waals surface area contributed by atoms with Crippen LogP contribution >= 0.6 is 0 Å². The number of hydrogen-bond acceptors (Lipinski definition) is 5. The maximum absolute atomic E-state index is 12.5. The van der Waals surface area contributed by atoms with Crippen molar-refractivity contribution in [2.45, 2.75) is 15.9 Å². The monoisotopic (exact) mass is 370 g/mol. The second-order valence-electron chi connectivity index (χ2n) is 5.71. The molecule has 5 nitrogen and oxygen atoms in total. The highest BCUT2D eigenvalue weighted by Crippen LogP contribution is 2.25. The van der Waals surface area contributed by atoms with Crippen molar-refractivity contribution in [3.8, 4) is 11.5 Å². The first-order valence-corrected chi connectivity index (χ1v) is 9.45. The van der Waals surface area contributed by atoms with Gasteiger partial charge in [0.1, 0.15) is 24.2 Å². The average Bonchev–Trinajstić information content (AvgIpc) is 2.67. The topological polar surface area (TPSA) is 83.8 Å². The van der Waals surface area contributed by atoms with Crippen molar-refractivity contribution in [2.24, 2.45) is 0 Å². The van der Waals surface area contributed by atoms with Gasteiger partial charge in [-0.1, -0.05) is 30.3 Å². The molecule has 0 aliphatic rings. The summed E-state index contributed by atoms with van der Waals surface area (Å²) in [7, 11) is -3.66. The van der Waals surface area contributed by atoms with Crippen molar-refractivity contribution in [1.29, 1.82) is 0 Å². The van der Waals surface area contributed by atoms with Crippen LogP contribution in [0, 0.1) is 0 Å². The molecule has 3 aromatic carbocycles. The Morgan fingerprint density at radius 2 is 1.35 bits per heavy atom. The number of rotatable bonds is 6. The van der Waals surface area contributed by atoms with E-state index >= 15 is 0 Å². The van der Waals surface area contributed by atoms with Crippen LogP contribution in [0.15, 0.2) is 88.7 Å². The third-order valence-electron chi connectivity index (χ3n) is 3.87. The summed E-state index contributed by atoms with van der Waals surface area (Å²) in [5.74, 6) is 0.467. The highest BCUT2D eigenvalue weighted by molar-refractivity contribution is 7.91. The number of aliphatic hydroxyl groups excluding tert-OH is 1. The molecule has 1 atom stereocenters. The first-order valence-electron chi connectivity index (χ1n) is 7.97. The van der Waals surface area contributed by atoms with Crippen LogP contribution in [-0.2, 0) is 9.84 Å². The summed E-state index contributed by atoms with van der Waals surface area (Å²) in [6.45, 7) is 0.0636. The highest BCUT2D eigenvalue weighted by Gasteiger charge is 2.17. The summed E-state index contributed by atoms with van der Waals surface area (Å²) in [5, 5.41) is 19.4. The molecule has 0 fully saturated rings. The summed E-state index contributed by atoms with van der Waals surface area (Å²) >= 11 is 0. The number of phenolic OH excluding ortho intramolecular Hbond substituents is 1. The molecule has 0 bridgehead atoms. The first-order chi connectivity index (χ1) is 12.5. The van der Waals surface area contributed by atoms with Crippen LogP contribution in [0.2, 0.25) is 0 Å². The molecule has 0 saturated carbocycles. The molecule has 1 unspecified atom stereocenters. The molecule has 0 heterocycles. The Bertz CT molecular complexity index is 949. The van der Waals surface area contributed by atoms with E-state index < -0.39 is 15.9 Å². The molecule has 3 rings (SSSR count). The lowest BCUT2D eigenvalue weighted by atomic mass is 10.1. The lowest BCUT2D eigenvalue weighted by molar-refractivity contribution is 0.108. The van der Waals surface area contributed by atoms with Crippen LogP contribution in [0.3, 0.4) is 0 Å². The van der Waals surface area contributed by atoms with Gasteiger partial charge in [0.25, 0.3) is 0 Å². The van der Waals surface area contributed by atoms with E-state index in [-0.39, 0.29) is 22.1 Å². The van der Waals surface area contributed by atoms with Gasteiger partial charge in [-0.2, -0.15) is 0 Å². The SMILES string of the molecule is O=S(=O)(c1ccc(O)cc1)c1ccc(OCC(O)c2ccccc2)cc1. The van der Waals surface area contributed by atoms with Crippen molar-refractivity contribution >= 4 is 9.84 Å². The molecule has 0 aliphatic heterocycles. The van der Waals surface area contributed by atoms with E-state index in [9.17, 15) is 18.6 Å². The number of sulfone groups is 1. The molecule has 0 saturated heterocycles. The quantitative estimate of drug-likeness (QED) is 0.695. The van der Waals surface area contributed by atoms with Gasteiger partial charge in [0.2, 0.25) is 9.84 Å². The predicted molar refractivity (Wildman–Crippen MR) is 96.9 cm³/mol. The number of aromatic hydroxyl groups is 1. The van der Waals surface area contributed by atoms with Crippen LogP contribution < -0.4 is 4.74 Å². The average molecular weight is 370 g/mol. The minimum absolute atomic E-state index is 0.00433. The molecule has 3 aromatic rings. The minimum Gasteiger partial charge on any atom is -0.508 e. The fraction of sp³-hybridized carbons (Fsp3) is 0.100. The van der Waals surface area contributed by atoms with Crippen molar-refractivity contribution < 1.29 is 23.4 Å². The predicted octanol–water partition coefficient (Wildman–Crippen LogP) is 3.34. The number of ether oxygens (including phenoxy) is 1. The van der Waals surface area contributed by atoms with Gasteiger partial charge in [0.15, 0.2) is 0 Å². The fourth-order valence-electron chi connectivity index (χ4n) is 2.42. The third-order valence-corrected chi connectivity index (χ3v) is 5.66. The zero-order valence-corrected chi connectivity index (χ0v) is 14.6. The van der Waals surface area contributed by atoms with Gasteiger partial charge < -0.3 is 14.9 Å². The van der Waals surface area contributed by atoms with E-state index in [0.717, 1.165) is 5.56 Å². The van der Waals surface area contributed by atoms with Crippen LogP contribution in [0.25, 0.3) is 0 Å². The molecule has 0 aliphatic carbocycles. The maximum Gasteiger partial charge on any atom is 0.206 e. The Labute approximate surface area is 152 Å². The third kappa shape index (κ3) is 4.04. The molecule has 6 heteroatoms. The highest BCUT2D eigenvalue weighted by atomic mass is 32.2. The number of benzene rings is 3. The van der Waals surface area contributed by atoms with E-state index in [2.05, 4.69) is 0 Å². The Morgan fingerprint density at radius 1 is 0.808 bits per heavy atom. The molecule has 0 amide bonds. The van der Waals surface area contributed by atoms with E-state index in [1.54, 1.807) is 24.3 Å². The lowest BCUT2D eigenvalue weighted by Gasteiger charge is -2.13. The van der Waals surface area contributed by atoms with Crippen molar-refractivity contribution in [2.75, 3.05) is 6.61 Å². The molecule has 26 heavy (non-hydrogen) atoms. The summed E-state index contributed by atoms with van der Waals surface area (Å²) < 4.78 is 30.6. The largest absolute Gasteiger partial charge is 0.508 e. The summed E-state index contributed by atoms with van der Waals surface area (Å²) in [4.78, 5) is 0.225. The zero-order chi connectivity index (χ0) is 18.6. The van der Waals surface area contributed by atoms with Gasteiger partial charge >= 0.3 is 0 Å². The lowest BCUT2D eigenvalue weighted by Crippen LogP contribution is -2.09. The standard InChI is InChI=1S/C20H18O5S/c21-16-6-10-18(11-7-16)26(23,24)19-12-8-17(9-13-19)25-14-20(22)15-4-2-1-3-5-15/h1-13,20-22H,14H2. The Balaban J connectivity index is 1.69. The smallest absolute Gasteiger partial charge is 0.206 e. The molecule has 0 radical (unpaired) electrons. The molecule has 0 aromatic heterocycles. The molecule has 134 valence electrons. The zero-order valence-electron chi connectivity index (χ0n) is 13.8. The van der Waals surface area contributed by atoms with Crippen molar-refractivity contribution in [1.82, 2.24) is 0 Å².